The van der Waals surface area contributed by atoms with Crippen molar-refractivity contribution in [2.45, 2.75) is 24.8 Å². The number of hydrogen-bond acceptors (Lipinski definition) is 4. The zero-order valence-electron chi connectivity index (χ0n) is 9.84. The first-order valence-electron chi connectivity index (χ1n) is 5.67. The fourth-order valence-corrected chi connectivity index (χ4v) is 2.51. The lowest BCUT2D eigenvalue weighted by atomic mass is 10.3. The van der Waals surface area contributed by atoms with Crippen molar-refractivity contribution in [3.63, 3.8) is 0 Å². The number of aromatic nitrogens is 3. The average molecular weight is 248 g/mol. The number of nitrogens with zero attached hydrogens (tertiary/aromatic N) is 3. The first kappa shape index (κ1) is 12.0. The molecule has 0 radical (unpaired) electrons. The van der Waals surface area contributed by atoms with E-state index >= 15 is 0 Å². The Labute approximate surface area is 105 Å². The summed E-state index contributed by atoms with van der Waals surface area (Å²) in [5, 5.41) is 7.94. The summed E-state index contributed by atoms with van der Waals surface area (Å²) in [7, 11) is 0. The summed E-state index contributed by atoms with van der Waals surface area (Å²) in [6, 6.07) is 10.3. The molecule has 0 spiro atoms. The third-order valence-electron chi connectivity index (χ3n) is 2.52. The van der Waals surface area contributed by atoms with E-state index in [2.05, 4.69) is 29.4 Å². The summed E-state index contributed by atoms with van der Waals surface area (Å²) in [6.07, 6.45) is 0.870. The third kappa shape index (κ3) is 3.00. The Morgan fingerprint density at radius 1 is 1.29 bits per heavy atom. The minimum atomic E-state index is 0.553. The van der Waals surface area contributed by atoms with Gasteiger partial charge in [-0.15, -0.1) is 16.9 Å². The lowest BCUT2D eigenvalue weighted by Crippen LogP contribution is -2.07. The van der Waals surface area contributed by atoms with Crippen molar-refractivity contribution in [1.29, 1.82) is 0 Å². The Hall–Kier alpha value is -1.49. The molecule has 0 saturated heterocycles. The van der Waals surface area contributed by atoms with Gasteiger partial charge >= 0.3 is 0 Å². The van der Waals surface area contributed by atoms with Gasteiger partial charge in [0.25, 0.3) is 0 Å². The summed E-state index contributed by atoms with van der Waals surface area (Å²) in [4.78, 5) is 1.28. The molecule has 5 heteroatoms. The Kier molecular flexibility index (Phi) is 4.03. The van der Waals surface area contributed by atoms with Crippen LogP contribution in [0.4, 0.5) is 5.82 Å². The van der Waals surface area contributed by atoms with E-state index in [0.717, 1.165) is 24.4 Å². The van der Waals surface area contributed by atoms with Crippen LogP contribution in [0, 0.1) is 0 Å². The van der Waals surface area contributed by atoms with Crippen LogP contribution in [-0.4, -0.2) is 20.7 Å². The topological polar surface area (TPSA) is 56.7 Å². The van der Waals surface area contributed by atoms with E-state index in [0.29, 0.717) is 5.82 Å². The number of benzene rings is 1. The SMILES string of the molecule is CCc1c(N)nnn1CCSc1ccccc1. The highest BCUT2D eigenvalue weighted by atomic mass is 32.2. The first-order chi connectivity index (χ1) is 8.31. The van der Waals surface area contributed by atoms with Gasteiger partial charge < -0.3 is 5.73 Å². The summed E-state index contributed by atoms with van der Waals surface area (Å²) < 4.78 is 1.89. The van der Waals surface area contributed by atoms with Crippen molar-refractivity contribution in [3.8, 4) is 0 Å². The maximum absolute atomic E-state index is 5.73. The van der Waals surface area contributed by atoms with Crippen molar-refractivity contribution in [3.05, 3.63) is 36.0 Å². The molecule has 0 bridgehead atoms. The van der Waals surface area contributed by atoms with E-state index in [1.165, 1.54) is 4.90 Å². The second kappa shape index (κ2) is 5.72. The number of anilines is 1. The molecule has 0 atom stereocenters. The van der Waals surface area contributed by atoms with Crippen LogP contribution in [0.2, 0.25) is 0 Å². The van der Waals surface area contributed by atoms with E-state index in [9.17, 15) is 0 Å². The molecule has 0 saturated carbocycles. The molecule has 1 aromatic carbocycles. The number of hydrogen-bond donors (Lipinski definition) is 1. The van der Waals surface area contributed by atoms with Crippen LogP contribution in [0.15, 0.2) is 35.2 Å². The number of aryl methyl sites for hydroxylation is 1. The fraction of sp³-hybridized carbons (Fsp3) is 0.333. The number of nitrogen functional groups attached to an aromatic ring is 1. The summed E-state index contributed by atoms with van der Waals surface area (Å²) >= 11 is 1.81. The first-order valence-corrected chi connectivity index (χ1v) is 6.65. The predicted molar refractivity (Wildman–Crippen MR) is 71.0 cm³/mol. The molecule has 2 N–H and O–H groups in total. The van der Waals surface area contributed by atoms with Crippen LogP contribution in [0.25, 0.3) is 0 Å². The van der Waals surface area contributed by atoms with Gasteiger partial charge in [-0.1, -0.05) is 30.3 Å². The highest BCUT2D eigenvalue weighted by molar-refractivity contribution is 7.99. The minimum Gasteiger partial charge on any atom is -0.381 e. The van der Waals surface area contributed by atoms with Crippen molar-refractivity contribution in [2.75, 3.05) is 11.5 Å². The summed E-state index contributed by atoms with van der Waals surface area (Å²) in [5.74, 6) is 1.53. The van der Waals surface area contributed by atoms with E-state index in [-0.39, 0.29) is 0 Å². The van der Waals surface area contributed by atoms with Gasteiger partial charge in [0.2, 0.25) is 0 Å². The lowest BCUT2D eigenvalue weighted by Gasteiger charge is -2.04. The largest absolute Gasteiger partial charge is 0.381 e. The molecule has 90 valence electrons. The second-order valence-electron chi connectivity index (χ2n) is 3.66. The van der Waals surface area contributed by atoms with Crippen molar-refractivity contribution >= 4 is 17.6 Å². The molecule has 17 heavy (non-hydrogen) atoms. The van der Waals surface area contributed by atoms with Crippen molar-refractivity contribution in [2.24, 2.45) is 0 Å². The number of rotatable bonds is 5. The predicted octanol–water partition coefficient (Wildman–Crippen LogP) is 2.21. The van der Waals surface area contributed by atoms with Crippen LogP contribution in [0.1, 0.15) is 12.6 Å². The van der Waals surface area contributed by atoms with Crippen LogP contribution < -0.4 is 5.73 Å². The Bertz CT molecular complexity index is 467. The highest BCUT2D eigenvalue weighted by Gasteiger charge is 2.07. The van der Waals surface area contributed by atoms with Crippen LogP contribution >= 0.6 is 11.8 Å². The number of nitrogens with two attached hydrogens (primary N) is 1. The molecule has 2 rings (SSSR count). The van der Waals surface area contributed by atoms with Crippen LogP contribution in [-0.2, 0) is 13.0 Å². The molecule has 0 unspecified atom stereocenters. The van der Waals surface area contributed by atoms with E-state index < -0.39 is 0 Å². The standard InChI is InChI=1S/C12H16N4S/c1-2-11-12(13)14-15-16(11)8-9-17-10-6-4-3-5-7-10/h3-7H,2,8-9,13H2,1H3. The van der Waals surface area contributed by atoms with E-state index in [1.807, 2.05) is 34.6 Å². The fourth-order valence-electron chi connectivity index (χ4n) is 1.66. The van der Waals surface area contributed by atoms with Gasteiger partial charge in [0.05, 0.1) is 12.2 Å². The average Bonchev–Trinajstić information content (AvgIpc) is 2.71. The molecular formula is C12H16N4S. The van der Waals surface area contributed by atoms with Gasteiger partial charge in [0, 0.05) is 10.6 Å². The Morgan fingerprint density at radius 2 is 2.06 bits per heavy atom. The quantitative estimate of drug-likeness (QED) is 0.824. The Balaban J connectivity index is 1.90. The van der Waals surface area contributed by atoms with Gasteiger partial charge in [0.1, 0.15) is 0 Å². The van der Waals surface area contributed by atoms with E-state index in [4.69, 9.17) is 5.73 Å². The molecule has 1 aromatic heterocycles. The molecule has 0 aliphatic heterocycles. The normalized spacial score (nSPS) is 10.6. The smallest absolute Gasteiger partial charge is 0.169 e. The summed E-state index contributed by atoms with van der Waals surface area (Å²) in [6.45, 7) is 2.91. The molecule has 0 amide bonds. The molecule has 1 heterocycles. The highest BCUT2D eigenvalue weighted by Crippen LogP contribution is 2.17. The van der Waals surface area contributed by atoms with Gasteiger partial charge in [-0.25, -0.2) is 4.68 Å². The van der Waals surface area contributed by atoms with Gasteiger partial charge in [-0.2, -0.15) is 0 Å². The van der Waals surface area contributed by atoms with Crippen molar-refractivity contribution in [1.82, 2.24) is 15.0 Å². The van der Waals surface area contributed by atoms with Crippen LogP contribution in [0.5, 0.6) is 0 Å². The van der Waals surface area contributed by atoms with Gasteiger partial charge in [-0.05, 0) is 18.6 Å². The Morgan fingerprint density at radius 3 is 2.76 bits per heavy atom. The van der Waals surface area contributed by atoms with Crippen LogP contribution in [0.3, 0.4) is 0 Å². The van der Waals surface area contributed by atoms with E-state index in [1.54, 1.807) is 0 Å². The molecule has 4 nitrogen and oxygen atoms in total. The maximum atomic E-state index is 5.73. The zero-order valence-corrected chi connectivity index (χ0v) is 10.7. The monoisotopic (exact) mass is 248 g/mol. The molecule has 0 aliphatic rings. The van der Waals surface area contributed by atoms with Gasteiger partial charge in [-0.3, -0.25) is 0 Å². The second-order valence-corrected chi connectivity index (χ2v) is 4.83. The van der Waals surface area contributed by atoms with Gasteiger partial charge in [0.15, 0.2) is 5.82 Å². The van der Waals surface area contributed by atoms with Crippen molar-refractivity contribution < 1.29 is 0 Å². The lowest BCUT2D eigenvalue weighted by molar-refractivity contribution is 0.606. The molecule has 0 fully saturated rings. The summed E-state index contributed by atoms with van der Waals surface area (Å²) in [5.41, 5.74) is 6.76. The molecular weight excluding hydrogens is 232 g/mol. The minimum absolute atomic E-state index is 0.553. The molecule has 2 aromatic rings. The zero-order chi connectivity index (χ0) is 12.1. The number of thioether (sulfide) groups is 1. The molecule has 0 aliphatic carbocycles. The maximum Gasteiger partial charge on any atom is 0.169 e. The third-order valence-corrected chi connectivity index (χ3v) is 3.51.